The van der Waals surface area contributed by atoms with Crippen LogP contribution < -0.4 is 0 Å². The van der Waals surface area contributed by atoms with E-state index in [2.05, 4.69) is 4.90 Å². The predicted molar refractivity (Wildman–Crippen MR) is 60.4 cm³/mol. The van der Waals surface area contributed by atoms with Crippen molar-refractivity contribution in [3.63, 3.8) is 0 Å². The van der Waals surface area contributed by atoms with E-state index in [4.69, 9.17) is 9.84 Å². The Morgan fingerprint density at radius 1 is 1.31 bits per heavy atom. The van der Waals surface area contributed by atoms with Crippen LogP contribution in [-0.4, -0.2) is 48.3 Å². The highest BCUT2D eigenvalue weighted by Gasteiger charge is 2.36. The average molecular weight is 227 g/mol. The zero-order valence-corrected chi connectivity index (χ0v) is 9.89. The molecule has 1 aliphatic heterocycles. The molecule has 2 rings (SSSR count). The third-order valence-electron chi connectivity index (χ3n) is 4.01. The second-order valence-electron chi connectivity index (χ2n) is 4.94. The molecule has 0 radical (unpaired) electrons. The van der Waals surface area contributed by atoms with Gasteiger partial charge in [-0.3, -0.25) is 9.69 Å². The Kier molecular flexibility index (Phi) is 3.82. The molecule has 92 valence electrons. The van der Waals surface area contributed by atoms with Crippen LogP contribution in [0.5, 0.6) is 0 Å². The molecular formula is C12H21NO3. The number of hydrogen-bond acceptors (Lipinski definition) is 3. The first-order chi connectivity index (χ1) is 7.72. The van der Waals surface area contributed by atoms with Crippen LogP contribution in [-0.2, 0) is 9.53 Å². The molecule has 2 aliphatic rings. The molecule has 1 heterocycles. The Morgan fingerprint density at radius 3 is 2.69 bits per heavy atom. The summed E-state index contributed by atoms with van der Waals surface area (Å²) in [6, 6.07) is 0.447. The Hall–Kier alpha value is -0.610. The molecule has 2 fully saturated rings. The summed E-state index contributed by atoms with van der Waals surface area (Å²) in [7, 11) is 1.77. The summed E-state index contributed by atoms with van der Waals surface area (Å²) >= 11 is 0. The molecule has 1 saturated heterocycles. The Bertz CT molecular complexity index is 257. The van der Waals surface area contributed by atoms with Crippen molar-refractivity contribution in [2.45, 2.75) is 44.2 Å². The minimum absolute atomic E-state index is 0.167. The first kappa shape index (κ1) is 11.9. The van der Waals surface area contributed by atoms with Gasteiger partial charge in [-0.2, -0.15) is 0 Å². The van der Waals surface area contributed by atoms with Gasteiger partial charge >= 0.3 is 5.97 Å². The van der Waals surface area contributed by atoms with E-state index in [9.17, 15) is 4.79 Å². The lowest BCUT2D eigenvalue weighted by Crippen LogP contribution is -2.45. The molecule has 4 nitrogen and oxygen atoms in total. The van der Waals surface area contributed by atoms with E-state index in [0.717, 1.165) is 25.8 Å². The minimum atomic E-state index is -0.646. The fraction of sp³-hybridized carbons (Fsp3) is 0.917. The zero-order chi connectivity index (χ0) is 11.5. The predicted octanol–water partition coefficient (Wildman–Crippen LogP) is 1.35. The smallest absolute Gasteiger partial charge is 0.307 e. The maximum Gasteiger partial charge on any atom is 0.307 e. The molecule has 4 heteroatoms. The summed E-state index contributed by atoms with van der Waals surface area (Å²) < 4.78 is 5.52. The van der Waals surface area contributed by atoms with Gasteiger partial charge in [0.1, 0.15) is 0 Å². The Morgan fingerprint density at radius 2 is 2.06 bits per heavy atom. The number of carbonyl (C=O) groups is 1. The van der Waals surface area contributed by atoms with Crippen molar-refractivity contribution in [2.75, 3.05) is 20.2 Å². The van der Waals surface area contributed by atoms with Crippen LogP contribution in [0.4, 0.5) is 0 Å². The SMILES string of the molecule is COC1CCCCC1N1CCC(C(=O)O)C1. The van der Waals surface area contributed by atoms with Crippen molar-refractivity contribution in [1.82, 2.24) is 4.90 Å². The number of carboxylic acid groups (broad SMARTS) is 1. The van der Waals surface area contributed by atoms with Gasteiger partial charge in [0.2, 0.25) is 0 Å². The number of hydrogen-bond donors (Lipinski definition) is 1. The standard InChI is InChI=1S/C12H21NO3/c1-16-11-5-3-2-4-10(11)13-7-6-9(8-13)12(14)15/h9-11H,2-8H2,1H3,(H,14,15). The van der Waals surface area contributed by atoms with Crippen molar-refractivity contribution in [3.05, 3.63) is 0 Å². The third-order valence-corrected chi connectivity index (χ3v) is 4.01. The summed E-state index contributed by atoms with van der Waals surface area (Å²) in [6.07, 6.45) is 5.87. The molecule has 0 bridgehead atoms. The summed E-state index contributed by atoms with van der Waals surface area (Å²) in [4.78, 5) is 13.2. The van der Waals surface area contributed by atoms with E-state index in [0.29, 0.717) is 18.7 Å². The van der Waals surface area contributed by atoms with Gasteiger partial charge in [-0.05, 0) is 25.8 Å². The summed E-state index contributed by atoms with van der Waals surface area (Å²) in [6.45, 7) is 1.63. The molecule has 1 saturated carbocycles. The number of rotatable bonds is 3. The highest BCUT2D eigenvalue weighted by molar-refractivity contribution is 5.70. The van der Waals surface area contributed by atoms with E-state index >= 15 is 0 Å². The molecule has 16 heavy (non-hydrogen) atoms. The van der Waals surface area contributed by atoms with Crippen molar-refractivity contribution in [1.29, 1.82) is 0 Å². The van der Waals surface area contributed by atoms with Crippen LogP contribution in [0.25, 0.3) is 0 Å². The van der Waals surface area contributed by atoms with Crippen LogP contribution in [0, 0.1) is 5.92 Å². The highest BCUT2D eigenvalue weighted by Crippen LogP contribution is 2.29. The molecule has 1 N–H and O–H groups in total. The van der Waals surface area contributed by atoms with E-state index in [1.54, 1.807) is 7.11 Å². The first-order valence-corrected chi connectivity index (χ1v) is 6.22. The third kappa shape index (κ3) is 2.38. The van der Waals surface area contributed by atoms with Crippen molar-refractivity contribution < 1.29 is 14.6 Å². The lowest BCUT2D eigenvalue weighted by atomic mass is 9.91. The second-order valence-corrected chi connectivity index (χ2v) is 4.94. The minimum Gasteiger partial charge on any atom is -0.481 e. The number of likely N-dealkylation sites (tertiary alicyclic amines) is 1. The Balaban J connectivity index is 1.94. The van der Waals surface area contributed by atoms with Crippen LogP contribution in [0.3, 0.4) is 0 Å². The number of carboxylic acids is 1. The fourth-order valence-corrected chi connectivity index (χ4v) is 3.06. The summed E-state index contributed by atoms with van der Waals surface area (Å²) in [5.74, 6) is -0.813. The van der Waals surface area contributed by atoms with E-state index in [-0.39, 0.29) is 5.92 Å². The molecule has 0 spiro atoms. The fourth-order valence-electron chi connectivity index (χ4n) is 3.06. The van der Waals surface area contributed by atoms with Gasteiger partial charge in [-0.1, -0.05) is 12.8 Å². The average Bonchev–Trinajstić information content (AvgIpc) is 2.78. The molecule has 1 aliphatic carbocycles. The zero-order valence-electron chi connectivity index (χ0n) is 9.89. The lowest BCUT2D eigenvalue weighted by Gasteiger charge is -2.37. The molecular weight excluding hydrogens is 206 g/mol. The van der Waals surface area contributed by atoms with E-state index in [1.807, 2.05) is 0 Å². The maximum absolute atomic E-state index is 10.9. The Labute approximate surface area is 96.6 Å². The normalized spacial score (nSPS) is 36.4. The summed E-state index contributed by atoms with van der Waals surface area (Å²) in [5.41, 5.74) is 0. The van der Waals surface area contributed by atoms with Crippen LogP contribution in [0.2, 0.25) is 0 Å². The maximum atomic E-state index is 10.9. The number of ether oxygens (including phenoxy) is 1. The van der Waals surface area contributed by atoms with Crippen molar-refractivity contribution >= 4 is 5.97 Å². The van der Waals surface area contributed by atoms with Crippen LogP contribution in [0.15, 0.2) is 0 Å². The van der Waals surface area contributed by atoms with Crippen molar-refractivity contribution in [3.8, 4) is 0 Å². The number of nitrogens with zero attached hydrogens (tertiary/aromatic N) is 1. The first-order valence-electron chi connectivity index (χ1n) is 6.22. The van der Waals surface area contributed by atoms with E-state index < -0.39 is 5.97 Å². The monoisotopic (exact) mass is 227 g/mol. The van der Waals surface area contributed by atoms with Gasteiger partial charge in [-0.25, -0.2) is 0 Å². The molecule has 0 amide bonds. The molecule has 0 aromatic rings. The van der Waals surface area contributed by atoms with Gasteiger partial charge in [0.25, 0.3) is 0 Å². The van der Waals surface area contributed by atoms with Gasteiger partial charge in [-0.15, -0.1) is 0 Å². The quantitative estimate of drug-likeness (QED) is 0.790. The molecule has 3 unspecified atom stereocenters. The van der Waals surface area contributed by atoms with E-state index in [1.165, 1.54) is 12.8 Å². The van der Waals surface area contributed by atoms with Crippen molar-refractivity contribution in [2.24, 2.45) is 5.92 Å². The van der Waals surface area contributed by atoms with Gasteiger partial charge in [0.05, 0.1) is 12.0 Å². The van der Waals surface area contributed by atoms with Gasteiger partial charge in [0.15, 0.2) is 0 Å². The summed E-state index contributed by atoms with van der Waals surface area (Å²) in [5, 5.41) is 8.99. The number of aliphatic carboxylic acids is 1. The second kappa shape index (κ2) is 5.15. The van der Waals surface area contributed by atoms with Gasteiger partial charge in [0, 0.05) is 19.7 Å². The van der Waals surface area contributed by atoms with Gasteiger partial charge < -0.3 is 9.84 Å². The molecule has 3 atom stereocenters. The topological polar surface area (TPSA) is 49.8 Å². The lowest BCUT2D eigenvalue weighted by molar-refractivity contribution is -0.141. The highest BCUT2D eigenvalue weighted by atomic mass is 16.5. The molecule has 0 aromatic heterocycles. The number of methoxy groups -OCH3 is 1. The molecule has 0 aromatic carbocycles. The van der Waals surface area contributed by atoms with Crippen LogP contribution >= 0.6 is 0 Å². The largest absolute Gasteiger partial charge is 0.481 e. The van der Waals surface area contributed by atoms with Crippen LogP contribution in [0.1, 0.15) is 32.1 Å².